The van der Waals surface area contributed by atoms with E-state index in [0.29, 0.717) is 17.9 Å². The number of nitro groups is 1. The maximum absolute atomic E-state index is 11.0. The number of nitrogens with zero attached hydrogens (tertiary/aromatic N) is 3. The Morgan fingerprint density at radius 3 is 2.77 bits per heavy atom. The summed E-state index contributed by atoms with van der Waals surface area (Å²) < 4.78 is 0. The Morgan fingerprint density at radius 1 is 1.27 bits per heavy atom. The number of anilines is 1. The molecule has 134 valence electrons. The van der Waals surface area contributed by atoms with Gasteiger partial charge >= 0.3 is 0 Å². The Hall–Kier alpha value is -3.26. The van der Waals surface area contributed by atoms with Gasteiger partial charge in [-0.15, -0.1) is 0 Å². The topological polar surface area (TPSA) is 127 Å². The van der Waals surface area contributed by atoms with E-state index in [0.717, 1.165) is 11.8 Å². The van der Waals surface area contributed by atoms with Crippen molar-refractivity contribution in [2.45, 2.75) is 19.4 Å². The van der Waals surface area contributed by atoms with E-state index in [1.165, 1.54) is 18.2 Å². The van der Waals surface area contributed by atoms with E-state index < -0.39 is 4.92 Å². The molecule has 0 radical (unpaired) electrons. The number of nitrogens with one attached hydrogen (secondary N) is 1. The fraction of sp³-hybridized carbons (Fsp3) is 0.222. The summed E-state index contributed by atoms with van der Waals surface area (Å²) in [5, 5.41) is 25.2. The van der Waals surface area contributed by atoms with Gasteiger partial charge in [0.25, 0.3) is 5.69 Å². The van der Waals surface area contributed by atoms with Crippen LogP contribution in [0, 0.1) is 10.1 Å². The molecule has 2 aromatic carbocycles. The maximum Gasteiger partial charge on any atom is 0.270 e. The lowest BCUT2D eigenvalue weighted by atomic mass is 10.1. The van der Waals surface area contributed by atoms with Gasteiger partial charge in [-0.3, -0.25) is 10.1 Å². The van der Waals surface area contributed by atoms with E-state index in [1.807, 2.05) is 31.2 Å². The van der Waals surface area contributed by atoms with Crippen LogP contribution in [-0.4, -0.2) is 32.6 Å². The van der Waals surface area contributed by atoms with Gasteiger partial charge in [0.15, 0.2) is 5.82 Å². The Labute approximate surface area is 149 Å². The van der Waals surface area contributed by atoms with Crippen molar-refractivity contribution in [1.29, 1.82) is 0 Å². The van der Waals surface area contributed by atoms with Gasteiger partial charge in [-0.05, 0) is 24.6 Å². The minimum absolute atomic E-state index is 0.0293. The molecule has 0 fully saturated rings. The number of para-hydroxylation sites is 1. The average Bonchev–Trinajstić information content (AvgIpc) is 2.65. The second-order valence-electron chi connectivity index (χ2n) is 5.92. The number of hydrogen-bond acceptors (Lipinski definition) is 7. The minimum atomic E-state index is -0.524. The summed E-state index contributed by atoms with van der Waals surface area (Å²) in [5.74, 6) is 0.653. The molecule has 8 heteroatoms. The smallest absolute Gasteiger partial charge is 0.270 e. The van der Waals surface area contributed by atoms with Crippen molar-refractivity contribution >= 4 is 22.4 Å². The summed E-state index contributed by atoms with van der Waals surface area (Å²) in [6, 6.07) is 11.2. The van der Waals surface area contributed by atoms with Crippen LogP contribution in [-0.2, 0) is 0 Å². The second kappa shape index (κ2) is 7.32. The minimum Gasteiger partial charge on any atom is -0.507 e. The number of non-ortho nitro benzene ring substituents is 1. The molecule has 3 aromatic rings. The van der Waals surface area contributed by atoms with Gasteiger partial charge in [0, 0.05) is 30.1 Å². The largest absolute Gasteiger partial charge is 0.507 e. The van der Waals surface area contributed by atoms with Crippen LogP contribution in [0.5, 0.6) is 5.75 Å². The molecule has 0 saturated heterocycles. The van der Waals surface area contributed by atoms with Crippen molar-refractivity contribution < 1.29 is 10.0 Å². The number of nitro benzene ring substituents is 1. The number of nitrogens with two attached hydrogens (primary N) is 1. The molecule has 1 heterocycles. The van der Waals surface area contributed by atoms with Crippen LogP contribution >= 0.6 is 0 Å². The standard InChI is InChI=1S/C18H19N5O3/c1-2-11(19)10-20-17-13-5-3-4-6-15(13)21-18(22-17)14-9-12(23(25)26)7-8-16(14)24/h3-9,11,24H,2,10,19H2,1H3,(H,20,21,22)/t11-/m1/s1. The third-order valence-corrected chi connectivity index (χ3v) is 4.09. The molecule has 4 N–H and O–H groups in total. The van der Waals surface area contributed by atoms with Crippen molar-refractivity contribution in [3.63, 3.8) is 0 Å². The van der Waals surface area contributed by atoms with Crippen LogP contribution in [0.25, 0.3) is 22.3 Å². The van der Waals surface area contributed by atoms with Crippen molar-refractivity contribution in [3.05, 3.63) is 52.6 Å². The van der Waals surface area contributed by atoms with Crippen molar-refractivity contribution in [1.82, 2.24) is 9.97 Å². The predicted molar refractivity (Wildman–Crippen MR) is 100 cm³/mol. The number of rotatable bonds is 6. The first-order valence-corrected chi connectivity index (χ1v) is 8.23. The molecule has 1 atom stereocenters. The van der Waals surface area contributed by atoms with Crippen molar-refractivity contribution in [2.75, 3.05) is 11.9 Å². The number of benzene rings is 2. The summed E-state index contributed by atoms with van der Waals surface area (Å²) >= 11 is 0. The summed E-state index contributed by atoms with van der Waals surface area (Å²) in [6.07, 6.45) is 0.814. The highest BCUT2D eigenvalue weighted by molar-refractivity contribution is 5.91. The Balaban J connectivity index is 2.12. The molecule has 0 unspecified atom stereocenters. The van der Waals surface area contributed by atoms with Crippen molar-refractivity contribution in [2.24, 2.45) is 5.73 Å². The highest BCUT2D eigenvalue weighted by Gasteiger charge is 2.16. The highest BCUT2D eigenvalue weighted by Crippen LogP contribution is 2.32. The van der Waals surface area contributed by atoms with Crippen LogP contribution in [0.2, 0.25) is 0 Å². The van der Waals surface area contributed by atoms with E-state index in [-0.39, 0.29) is 28.9 Å². The Kier molecular flexibility index (Phi) is 4.94. The number of aromatic nitrogens is 2. The number of phenolic OH excluding ortho intramolecular Hbond substituents is 1. The molecule has 1 aromatic heterocycles. The summed E-state index contributed by atoms with van der Waals surface area (Å²) in [7, 11) is 0. The Bertz CT molecular complexity index is 961. The number of aromatic hydroxyl groups is 1. The van der Waals surface area contributed by atoms with Crippen LogP contribution in [0.4, 0.5) is 11.5 Å². The molecule has 26 heavy (non-hydrogen) atoms. The molecular weight excluding hydrogens is 334 g/mol. The van der Waals surface area contributed by atoms with Gasteiger partial charge in [0.2, 0.25) is 0 Å². The number of hydrogen-bond donors (Lipinski definition) is 3. The third kappa shape index (κ3) is 3.55. The lowest BCUT2D eigenvalue weighted by Gasteiger charge is -2.14. The fourth-order valence-corrected chi connectivity index (χ4v) is 2.52. The van der Waals surface area contributed by atoms with Crippen LogP contribution in [0.1, 0.15) is 13.3 Å². The summed E-state index contributed by atoms with van der Waals surface area (Å²) in [4.78, 5) is 19.4. The summed E-state index contributed by atoms with van der Waals surface area (Å²) in [5.41, 5.74) is 6.69. The van der Waals surface area contributed by atoms with Crippen LogP contribution in [0.3, 0.4) is 0 Å². The van der Waals surface area contributed by atoms with Gasteiger partial charge in [-0.1, -0.05) is 19.1 Å². The molecule has 0 spiro atoms. The number of fused-ring (bicyclic) bond motifs is 1. The predicted octanol–water partition coefficient (Wildman–Crippen LogP) is 3.06. The van der Waals surface area contributed by atoms with Crippen LogP contribution in [0.15, 0.2) is 42.5 Å². The first kappa shape index (κ1) is 17.6. The van der Waals surface area contributed by atoms with Gasteiger partial charge in [0.1, 0.15) is 11.6 Å². The monoisotopic (exact) mass is 353 g/mol. The molecule has 0 aliphatic rings. The molecular formula is C18H19N5O3. The first-order valence-electron chi connectivity index (χ1n) is 8.23. The van der Waals surface area contributed by atoms with Crippen LogP contribution < -0.4 is 11.1 Å². The summed E-state index contributed by atoms with van der Waals surface area (Å²) in [6.45, 7) is 2.52. The normalized spacial score (nSPS) is 12.1. The molecule has 0 aliphatic carbocycles. The zero-order valence-corrected chi connectivity index (χ0v) is 14.2. The Morgan fingerprint density at radius 2 is 2.04 bits per heavy atom. The lowest BCUT2D eigenvalue weighted by Crippen LogP contribution is -2.28. The lowest BCUT2D eigenvalue weighted by molar-refractivity contribution is -0.384. The zero-order valence-electron chi connectivity index (χ0n) is 14.2. The van der Waals surface area contributed by atoms with E-state index in [2.05, 4.69) is 15.3 Å². The average molecular weight is 353 g/mol. The molecule has 0 bridgehead atoms. The quantitative estimate of drug-likeness (QED) is 0.459. The molecule has 0 saturated carbocycles. The zero-order chi connectivity index (χ0) is 18.7. The molecule has 0 amide bonds. The number of phenols is 1. The van der Waals surface area contributed by atoms with E-state index in [9.17, 15) is 15.2 Å². The second-order valence-corrected chi connectivity index (χ2v) is 5.92. The highest BCUT2D eigenvalue weighted by atomic mass is 16.6. The van der Waals surface area contributed by atoms with E-state index in [1.54, 1.807) is 0 Å². The van der Waals surface area contributed by atoms with E-state index >= 15 is 0 Å². The van der Waals surface area contributed by atoms with Gasteiger partial charge in [-0.25, -0.2) is 9.97 Å². The van der Waals surface area contributed by atoms with E-state index in [4.69, 9.17) is 5.73 Å². The third-order valence-electron chi connectivity index (χ3n) is 4.09. The molecule has 0 aliphatic heterocycles. The fourth-order valence-electron chi connectivity index (χ4n) is 2.52. The molecule has 8 nitrogen and oxygen atoms in total. The van der Waals surface area contributed by atoms with Gasteiger partial charge < -0.3 is 16.2 Å². The van der Waals surface area contributed by atoms with Crippen molar-refractivity contribution in [3.8, 4) is 17.1 Å². The van der Waals surface area contributed by atoms with Gasteiger partial charge in [-0.2, -0.15) is 0 Å². The maximum atomic E-state index is 11.0. The molecule has 3 rings (SSSR count). The first-order chi connectivity index (χ1) is 12.5. The SMILES string of the molecule is CC[C@@H](N)CNc1nc(-c2cc([N+](=O)[O-])ccc2O)nc2ccccc12. The van der Waals surface area contributed by atoms with Gasteiger partial charge in [0.05, 0.1) is 16.0 Å².